The summed E-state index contributed by atoms with van der Waals surface area (Å²) in [5, 5.41) is 2.84. The minimum atomic E-state index is -3.58. The maximum absolute atomic E-state index is 12.5. The Kier molecular flexibility index (Phi) is 6.47. The standard InChI is InChI=1S/C22H29N3O3S/c1-17-6-7-18(2)21(14-17)25(29(3,27)28)16-22(26)23-15-19-8-10-20(11-9-19)24-12-4-5-13-24/h6-11,14H,4-5,12-13,15-16H2,1-3H3,(H,23,26). The Hall–Kier alpha value is -2.54. The van der Waals surface area contributed by atoms with E-state index in [1.165, 1.54) is 22.8 Å². The first kappa shape index (κ1) is 21.2. The summed E-state index contributed by atoms with van der Waals surface area (Å²) in [5.41, 5.74) is 4.48. The number of sulfonamides is 1. The molecule has 156 valence electrons. The van der Waals surface area contributed by atoms with Crippen LogP contribution in [-0.2, 0) is 21.4 Å². The van der Waals surface area contributed by atoms with E-state index in [1.807, 2.05) is 38.1 Å². The molecular weight excluding hydrogens is 386 g/mol. The van der Waals surface area contributed by atoms with E-state index in [2.05, 4.69) is 22.3 Å². The van der Waals surface area contributed by atoms with Crippen molar-refractivity contribution in [3.05, 3.63) is 59.2 Å². The number of amides is 1. The van der Waals surface area contributed by atoms with Crippen molar-refractivity contribution in [2.24, 2.45) is 0 Å². The number of carbonyl (C=O) groups is 1. The smallest absolute Gasteiger partial charge is 0.241 e. The van der Waals surface area contributed by atoms with Crippen LogP contribution in [0.25, 0.3) is 0 Å². The van der Waals surface area contributed by atoms with Gasteiger partial charge < -0.3 is 10.2 Å². The SMILES string of the molecule is Cc1ccc(C)c(N(CC(=O)NCc2ccc(N3CCCC3)cc2)S(C)(=O)=O)c1. The van der Waals surface area contributed by atoms with Crippen LogP contribution in [0.5, 0.6) is 0 Å². The van der Waals surface area contributed by atoms with Crippen molar-refractivity contribution in [3.63, 3.8) is 0 Å². The van der Waals surface area contributed by atoms with Crippen LogP contribution in [0, 0.1) is 13.8 Å². The van der Waals surface area contributed by atoms with Crippen LogP contribution in [0.2, 0.25) is 0 Å². The first-order valence-corrected chi connectivity index (χ1v) is 11.7. The van der Waals surface area contributed by atoms with Gasteiger partial charge in [0, 0.05) is 25.3 Å². The molecule has 7 heteroatoms. The fourth-order valence-electron chi connectivity index (χ4n) is 3.56. The lowest BCUT2D eigenvalue weighted by Crippen LogP contribution is -2.40. The highest BCUT2D eigenvalue weighted by Crippen LogP contribution is 2.24. The van der Waals surface area contributed by atoms with Crippen molar-refractivity contribution < 1.29 is 13.2 Å². The molecule has 1 heterocycles. The van der Waals surface area contributed by atoms with E-state index in [-0.39, 0.29) is 12.5 Å². The van der Waals surface area contributed by atoms with Gasteiger partial charge >= 0.3 is 0 Å². The van der Waals surface area contributed by atoms with Gasteiger partial charge in [-0.3, -0.25) is 9.10 Å². The summed E-state index contributed by atoms with van der Waals surface area (Å²) in [6.45, 7) is 6.05. The minimum absolute atomic E-state index is 0.241. The molecule has 0 radical (unpaired) electrons. The van der Waals surface area contributed by atoms with Crippen molar-refractivity contribution in [2.45, 2.75) is 33.2 Å². The summed E-state index contributed by atoms with van der Waals surface area (Å²) in [4.78, 5) is 14.9. The molecule has 0 saturated carbocycles. The molecule has 0 aliphatic carbocycles. The van der Waals surface area contributed by atoms with E-state index in [1.54, 1.807) is 6.07 Å². The summed E-state index contributed by atoms with van der Waals surface area (Å²) < 4.78 is 25.8. The molecule has 0 unspecified atom stereocenters. The molecule has 0 aromatic heterocycles. The summed E-state index contributed by atoms with van der Waals surface area (Å²) in [6, 6.07) is 13.7. The van der Waals surface area contributed by atoms with E-state index in [9.17, 15) is 13.2 Å². The molecule has 6 nitrogen and oxygen atoms in total. The van der Waals surface area contributed by atoms with Gasteiger partial charge in [-0.15, -0.1) is 0 Å². The van der Waals surface area contributed by atoms with E-state index in [0.717, 1.165) is 36.0 Å². The van der Waals surface area contributed by atoms with Crippen LogP contribution in [-0.4, -0.2) is 40.2 Å². The molecule has 3 rings (SSSR count). The number of nitrogens with zero attached hydrogens (tertiary/aromatic N) is 2. The molecule has 1 fully saturated rings. The number of hydrogen-bond acceptors (Lipinski definition) is 4. The fourth-order valence-corrected chi connectivity index (χ4v) is 4.46. The number of aryl methyl sites for hydroxylation is 2. The molecule has 0 bridgehead atoms. The number of carbonyl (C=O) groups excluding carboxylic acids is 1. The van der Waals surface area contributed by atoms with Gasteiger partial charge in [0.05, 0.1) is 11.9 Å². The number of rotatable bonds is 7. The largest absolute Gasteiger partial charge is 0.372 e. The summed E-state index contributed by atoms with van der Waals surface area (Å²) in [7, 11) is -3.58. The van der Waals surface area contributed by atoms with Crippen molar-refractivity contribution in [1.29, 1.82) is 0 Å². The number of hydrogen-bond donors (Lipinski definition) is 1. The van der Waals surface area contributed by atoms with Crippen molar-refractivity contribution in [3.8, 4) is 0 Å². The average molecular weight is 416 g/mol. The Balaban J connectivity index is 1.64. The second kappa shape index (κ2) is 8.86. The van der Waals surface area contributed by atoms with Crippen LogP contribution < -0.4 is 14.5 Å². The zero-order chi connectivity index (χ0) is 21.0. The summed E-state index contributed by atoms with van der Waals surface area (Å²) in [6.07, 6.45) is 3.59. The van der Waals surface area contributed by atoms with Crippen molar-refractivity contribution >= 4 is 27.3 Å². The quantitative estimate of drug-likeness (QED) is 0.755. The predicted octanol–water partition coefficient (Wildman–Crippen LogP) is 2.99. The molecule has 2 aromatic carbocycles. The third-order valence-corrected chi connectivity index (χ3v) is 6.34. The van der Waals surface area contributed by atoms with E-state index >= 15 is 0 Å². The van der Waals surface area contributed by atoms with Gasteiger partial charge in [-0.05, 0) is 61.6 Å². The number of benzene rings is 2. The van der Waals surface area contributed by atoms with Gasteiger partial charge in [0.15, 0.2) is 0 Å². The molecular formula is C22H29N3O3S. The Bertz CT molecular complexity index is 965. The lowest BCUT2D eigenvalue weighted by molar-refractivity contribution is -0.119. The first-order valence-electron chi connectivity index (χ1n) is 9.89. The molecule has 1 aliphatic heterocycles. The Morgan fingerprint density at radius 3 is 2.34 bits per heavy atom. The minimum Gasteiger partial charge on any atom is -0.372 e. The molecule has 0 atom stereocenters. The Labute approximate surface area is 173 Å². The topological polar surface area (TPSA) is 69.7 Å². The third-order valence-electron chi connectivity index (χ3n) is 5.22. The molecule has 2 aromatic rings. The van der Waals surface area contributed by atoms with Crippen LogP contribution in [0.15, 0.2) is 42.5 Å². The maximum atomic E-state index is 12.5. The third kappa shape index (κ3) is 5.50. The highest BCUT2D eigenvalue weighted by atomic mass is 32.2. The van der Waals surface area contributed by atoms with Gasteiger partial charge in [-0.1, -0.05) is 24.3 Å². The van der Waals surface area contributed by atoms with Gasteiger partial charge in [-0.2, -0.15) is 0 Å². The molecule has 29 heavy (non-hydrogen) atoms. The highest BCUT2D eigenvalue weighted by Gasteiger charge is 2.22. The van der Waals surface area contributed by atoms with E-state index in [0.29, 0.717) is 12.2 Å². The predicted molar refractivity (Wildman–Crippen MR) is 118 cm³/mol. The van der Waals surface area contributed by atoms with E-state index in [4.69, 9.17) is 0 Å². The van der Waals surface area contributed by atoms with Gasteiger partial charge in [-0.25, -0.2) is 8.42 Å². The summed E-state index contributed by atoms with van der Waals surface area (Å²) in [5.74, 6) is -0.333. The van der Waals surface area contributed by atoms with Crippen molar-refractivity contribution in [2.75, 3.05) is 35.1 Å². The molecule has 1 amide bonds. The highest BCUT2D eigenvalue weighted by molar-refractivity contribution is 7.92. The number of nitrogens with one attached hydrogen (secondary N) is 1. The van der Waals surface area contributed by atoms with Crippen LogP contribution >= 0.6 is 0 Å². The van der Waals surface area contributed by atoms with E-state index < -0.39 is 10.0 Å². The fraction of sp³-hybridized carbons (Fsp3) is 0.409. The molecule has 1 N–H and O–H groups in total. The second-order valence-corrected chi connectivity index (χ2v) is 9.60. The Morgan fingerprint density at radius 1 is 1.07 bits per heavy atom. The monoisotopic (exact) mass is 415 g/mol. The molecule has 0 spiro atoms. The summed E-state index contributed by atoms with van der Waals surface area (Å²) >= 11 is 0. The molecule has 1 aliphatic rings. The van der Waals surface area contributed by atoms with Crippen molar-refractivity contribution in [1.82, 2.24) is 5.32 Å². The van der Waals surface area contributed by atoms with Crippen LogP contribution in [0.1, 0.15) is 29.5 Å². The lowest BCUT2D eigenvalue weighted by Gasteiger charge is -2.24. The number of anilines is 2. The Morgan fingerprint density at radius 2 is 1.72 bits per heavy atom. The zero-order valence-electron chi connectivity index (χ0n) is 17.3. The lowest BCUT2D eigenvalue weighted by atomic mass is 10.1. The van der Waals surface area contributed by atoms with Gasteiger partial charge in [0.2, 0.25) is 15.9 Å². The zero-order valence-corrected chi connectivity index (χ0v) is 18.1. The van der Waals surface area contributed by atoms with Gasteiger partial charge in [0.25, 0.3) is 0 Å². The first-order chi connectivity index (χ1) is 13.7. The normalized spacial score (nSPS) is 14.1. The van der Waals surface area contributed by atoms with Crippen LogP contribution in [0.3, 0.4) is 0 Å². The maximum Gasteiger partial charge on any atom is 0.241 e. The average Bonchev–Trinajstić information content (AvgIpc) is 3.21. The van der Waals surface area contributed by atoms with Crippen LogP contribution in [0.4, 0.5) is 11.4 Å². The van der Waals surface area contributed by atoms with Gasteiger partial charge in [0.1, 0.15) is 6.54 Å². The second-order valence-electron chi connectivity index (χ2n) is 7.70. The molecule has 1 saturated heterocycles.